The summed E-state index contributed by atoms with van der Waals surface area (Å²) in [5, 5.41) is 0. The van der Waals surface area contributed by atoms with E-state index in [1.807, 2.05) is 25.2 Å². The molecule has 2 saturated heterocycles. The number of likely N-dealkylation sites (N-methyl/N-ethyl adjacent to an activating group) is 1. The summed E-state index contributed by atoms with van der Waals surface area (Å²) >= 11 is 0. The zero-order chi connectivity index (χ0) is 16.9. The zero-order valence-electron chi connectivity index (χ0n) is 14.6. The Morgan fingerprint density at radius 2 is 2.38 bits per heavy atom. The number of carbonyl (C=O) groups is 1. The first kappa shape index (κ1) is 17.3. The normalized spacial score (nSPS) is 27.0. The average Bonchev–Trinajstić information content (AvgIpc) is 3.03. The Labute approximate surface area is 143 Å². The lowest BCUT2D eigenvalue weighted by Gasteiger charge is -2.33. The summed E-state index contributed by atoms with van der Waals surface area (Å²) in [6.45, 7) is 4.17. The van der Waals surface area contributed by atoms with E-state index in [1.54, 1.807) is 18.2 Å². The molecule has 0 unspecified atom stereocenters. The van der Waals surface area contributed by atoms with Gasteiger partial charge in [-0.1, -0.05) is 6.07 Å². The molecule has 6 heteroatoms. The van der Waals surface area contributed by atoms with Gasteiger partial charge in [0.05, 0.1) is 24.9 Å². The van der Waals surface area contributed by atoms with Crippen LogP contribution in [0.4, 0.5) is 0 Å². The van der Waals surface area contributed by atoms with Gasteiger partial charge in [-0.05, 0) is 37.4 Å². The summed E-state index contributed by atoms with van der Waals surface area (Å²) in [5.74, 6) is 0.569. The SMILES string of the molecule is COCCN1CC[C@@H]2C[C@@H](C(=O)N(C)Cc3ccccn3)O[C@H]2C1. The minimum Gasteiger partial charge on any atom is -0.383 e. The van der Waals surface area contributed by atoms with Crippen LogP contribution in [-0.4, -0.2) is 73.3 Å². The van der Waals surface area contributed by atoms with Crippen molar-refractivity contribution in [2.75, 3.05) is 40.4 Å². The topological polar surface area (TPSA) is 54.9 Å². The fourth-order valence-electron chi connectivity index (χ4n) is 3.64. The fourth-order valence-corrected chi connectivity index (χ4v) is 3.64. The standard InChI is InChI=1S/C18H27N3O3/c1-20(12-15-5-3-4-7-19-15)18(22)16-11-14-6-8-21(9-10-23-2)13-17(14)24-16/h3-5,7,14,16-17H,6,8-13H2,1-2H3/t14-,16+,17+/m1/s1. The lowest BCUT2D eigenvalue weighted by atomic mass is 9.91. The van der Waals surface area contributed by atoms with Crippen molar-refractivity contribution in [2.45, 2.75) is 31.6 Å². The number of likely N-dealkylation sites (tertiary alicyclic amines) is 1. The van der Waals surface area contributed by atoms with E-state index in [0.29, 0.717) is 12.5 Å². The second kappa shape index (κ2) is 8.05. The molecule has 3 heterocycles. The second-order valence-corrected chi connectivity index (χ2v) is 6.76. The summed E-state index contributed by atoms with van der Waals surface area (Å²) < 4.78 is 11.3. The smallest absolute Gasteiger partial charge is 0.251 e. The minimum absolute atomic E-state index is 0.0681. The van der Waals surface area contributed by atoms with Crippen molar-refractivity contribution in [3.05, 3.63) is 30.1 Å². The summed E-state index contributed by atoms with van der Waals surface area (Å²) in [6.07, 6.45) is 3.56. The van der Waals surface area contributed by atoms with Crippen molar-refractivity contribution in [3.8, 4) is 0 Å². The van der Waals surface area contributed by atoms with Gasteiger partial charge in [0, 0.05) is 33.4 Å². The molecule has 1 aromatic rings. The van der Waals surface area contributed by atoms with Gasteiger partial charge in [0.1, 0.15) is 6.10 Å². The van der Waals surface area contributed by atoms with Gasteiger partial charge in [0.15, 0.2) is 0 Å². The van der Waals surface area contributed by atoms with Crippen LogP contribution in [0.25, 0.3) is 0 Å². The van der Waals surface area contributed by atoms with E-state index in [-0.39, 0.29) is 18.1 Å². The molecule has 0 spiro atoms. The number of amides is 1. The lowest BCUT2D eigenvalue weighted by Crippen LogP contribution is -2.43. The molecule has 132 valence electrons. The quantitative estimate of drug-likeness (QED) is 0.782. The Morgan fingerprint density at radius 3 is 3.12 bits per heavy atom. The van der Waals surface area contributed by atoms with Crippen LogP contribution in [-0.2, 0) is 20.8 Å². The predicted molar refractivity (Wildman–Crippen MR) is 90.4 cm³/mol. The number of methoxy groups -OCH3 is 1. The summed E-state index contributed by atoms with van der Waals surface area (Å²) in [7, 11) is 3.55. The number of nitrogens with zero attached hydrogens (tertiary/aromatic N) is 3. The maximum absolute atomic E-state index is 12.7. The Morgan fingerprint density at radius 1 is 1.50 bits per heavy atom. The molecular formula is C18H27N3O3. The van der Waals surface area contributed by atoms with E-state index in [2.05, 4.69) is 9.88 Å². The van der Waals surface area contributed by atoms with Gasteiger partial charge in [-0.15, -0.1) is 0 Å². The van der Waals surface area contributed by atoms with Crippen LogP contribution in [0.3, 0.4) is 0 Å². The monoisotopic (exact) mass is 333 g/mol. The molecular weight excluding hydrogens is 306 g/mol. The fraction of sp³-hybridized carbons (Fsp3) is 0.667. The van der Waals surface area contributed by atoms with Gasteiger partial charge in [0.25, 0.3) is 5.91 Å². The third kappa shape index (κ3) is 4.12. The van der Waals surface area contributed by atoms with Crippen LogP contribution >= 0.6 is 0 Å². The van der Waals surface area contributed by atoms with E-state index in [1.165, 1.54) is 0 Å². The van der Waals surface area contributed by atoms with E-state index >= 15 is 0 Å². The maximum Gasteiger partial charge on any atom is 0.251 e. The molecule has 24 heavy (non-hydrogen) atoms. The Balaban J connectivity index is 1.52. The summed E-state index contributed by atoms with van der Waals surface area (Å²) in [4.78, 5) is 21.1. The Hall–Kier alpha value is -1.50. The van der Waals surface area contributed by atoms with Gasteiger partial charge < -0.3 is 14.4 Å². The molecule has 1 amide bonds. The third-order valence-electron chi connectivity index (χ3n) is 5.02. The number of rotatable bonds is 6. The van der Waals surface area contributed by atoms with E-state index < -0.39 is 0 Å². The summed E-state index contributed by atoms with van der Waals surface area (Å²) in [6, 6.07) is 5.76. The van der Waals surface area contributed by atoms with Crippen molar-refractivity contribution in [1.82, 2.24) is 14.8 Å². The molecule has 0 bridgehead atoms. The van der Waals surface area contributed by atoms with Crippen LogP contribution in [0, 0.1) is 5.92 Å². The molecule has 0 saturated carbocycles. The molecule has 0 aliphatic carbocycles. The van der Waals surface area contributed by atoms with Crippen molar-refractivity contribution < 1.29 is 14.3 Å². The molecule has 3 atom stereocenters. The van der Waals surface area contributed by atoms with Crippen LogP contribution in [0.2, 0.25) is 0 Å². The molecule has 0 radical (unpaired) electrons. The highest BCUT2D eigenvalue weighted by molar-refractivity contribution is 5.81. The van der Waals surface area contributed by atoms with Gasteiger partial charge in [0.2, 0.25) is 0 Å². The number of fused-ring (bicyclic) bond motifs is 1. The van der Waals surface area contributed by atoms with Crippen molar-refractivity contribution in [2.24, 2.45) is 5.92 Å². The van der Waals surface area contributed by atoms with Gasteiger partial charge in [-0.3, -0.25) is 14.7 Å². The number of ether oxygens (including phenoxy) is 2. The zero-order valence-corrected chi connectivity index (χ0v) is 14.6. The number of hydrogen-bond acceptors (Lipinski definition) is 5. The number of piperidine rings is 1. The number of hydrogen-bond donors (Lipinski definition) is 0. The van der Waals surface area contributed by atoms with Gasteiger partial charge in [-0.25, -0.2) is 0 Å². The molecule has 2 aliphatic rings. The molecule has 2 aliphatic heterocycles. The third-order valence-corrected chi connectivity index (χ3v) is 5.02. The minimum atomic E-state index is -0.309. The number of pyridine rings is 1. The highest BCUT2D eigenvalue weighted by Gasteiger charge is 2.42. The summed E-state index contributed by atoms with van der Waals surface area (Å²) in [5.41, 5.74) is 0.898. The Kier molecular flexibility index (Phi) is 5.81. The Bertz CT molecular complexity index is 540. The van der Waals surface area contributed by atoms with Crippen molar-refractivity contribution >= 4 is 5.91 Å². The second-order valence-electron chi connectivity index (χ2n) is 6.76. The highest BCUT2D eigenvalue weighted by atomic mass is 16.5. The van der Waals surface area contributed by atoms with E-state index in [9.17, 15) is 4.79 Å². The highest BCUT2D eigenvalue weighted by Crippen LogP contribution is 2.33. The van der Waals surface area contributed by atoms with Crippen LogP contribution in [0.15, 0.2) is 24.4 Å². The molecule has 6 nitrogen and oxygen atoms in total. The molecule has 3 rings (SSSR count). The lowest BCUT2D eigenvalue weighted by molar-refractivity contribution is -0.143. The predicted octanol–water partition coefficient (Wildman–Crippen LogP) is 1.17. The van der Waals surface area contributed by atoms with Crippen LogP contribution in [0.1, 0.15) is 18.5 Å². The number of carbonyl (C=O) groups excluding carboxylic acids is 1. The van der Waals surface area contributed by atoms with Crippen molar-refractivity contribution in [3.63, 3.8) is 0 Å². The van der Waals surface area contributed by atoms with Gasteiger partial charge >= 0.3 is 0 Å². The van der Waals surface area contributed by atoms with Crippen LogP contribution in [0.5, 0.6) is 0 Å². The number of aromatic nitrogens is 1. The molecule has 0 N–H and O–H groups in total. The van der Waals surface area contributed by atoms with Crippen LogP contribution < -0.4 is 0 Å². The first-order valence-electron chi connectivity index (χ1n) is 8.69. The van der Waals surface area contributed by atoms with E-state index in [4.69, 9.17) is 9.47 Å². The maximum atomic E-state index is 12.7. The molecule has 2 fully saturated rings. The first-order chi connectivity index (χ1) is 11.7. The molecule has 1 aromatic heterocycles. The molecule has 0 aromatic carbocycles. The van der Waals surface area contributed by atoms with E-state index in [0.717, 1.165) is 44.8 Å². The average molecular weight is 333 g/mol. The largest absolute Gasteiger partial charge is 0.383 e. The first-order valence-corrected chi connectivity index (χ1v) is 8.69. The van der Waals surface area contributed by atoms with Gasteiger partial charge in [-0.2, -0.15) is 0 Å². The van der Waals surface area contributed by atoms with Crippen molar-refractivity contribution in [1.29, 1.82) is 0 Å².